The molecular weight excluding hydrogens is 202 g/mol. The van der Waals surface area contributed by atoms with Crippen LogP contribution in [-0.2, 0) is 0 Å². The van der Waals surface area contributed by atoms with Crippen molar-refractivity contribution in [3.63, 3.8) is 0 Å². The fraction of sp³-hybridized carbons (Fsp3) is 0.500. The number of ether oxygens (including phenoxy) is 1. The molecule has 0 radical (unpaired) electrons. The Labute approximate surface area is 95.9 Å². The fourth-order valence-corrected chi connectivity index (χ4v) is 1.58. The summed E-state index contributed by atoms with van der Waals surface area (Å²) in [4.78, 5) is 2.67. The minimum Gasteiger partial charge on any atom is -0.493 e. The molecule has 4 heteroatoms. The number of rotatable bonds is 5. The largest absolute Gasteiger partial charge is 0.493 e. The molecule has 0 amide bonds. The molecule has 0 heterocycles. The van der Waals surface area contributed by atoms with E-state index >= 15 is 0 Å². The summed E-state index contributed by atoms with van der Waals surface area (Å²) in [6, 6.07) is 6.05. The van der Waals surface area contributed by atoms with Crippen molar-refractivity contribution in [2.45, 2.75) is 26.7 Å². The van der Waals surface area contributed by atoms with E-state index in [1.54, 1.807) is 0 Å². The normalized spacial score (nSPS) is 10.0. The van der Waals surface area contributed by atoms with Crippen molar-refractivity contribution >= 4 is 0 Å². The Kier molecular flexibility index (Phi) is 4.67. The van der Waals surface area contributed by atoms with Crippen molar-refractivity contribution in [2.24, 2.45) is 5.11 Å². The molecule has 0 spiro atoms. The molecule has 0 saturated carbocycles. The predicted octanol–water partition coefficient (Wildman–Crippen LogP) is 3.81. The lowest BCUT2D eigenvalue weighted by Crippen LogP contribution is -2.01. The van der Waals surface area contributed by atoms with Crippen LogP contribution >= 0.6 is 0 Å². The van der Waals surface area contributed by atoms with E-state index in [1.165, 1.54) is 11.1 Å². The summed E-state index contributed by atoms with van der Waals surface area (Å²) in [5.41, 5.74) is 10.7. The molecule has 0 atom stereocenters. The van der Waals surface area contributed by atoms with Gasteiger partial charge in [-0.25, -0.2) is 0 Å². The second-order valence-electron chi connectivity index (χ2n) is 3.98. The van der Waals surface area contributed by atoms with Crippen molar-refractivity contribution in [3.05, 3.63) is 39.8 Å². The molecule has 0 fully saturated rings. The maximum atomic E-state index is 8.12. The third-order valence-electron chi connectivity index (χ3n) is 2.40. The minimum atomic E-state index is 0.362. The van der Waals surface area contributed by atoms with E-state index < -0.39 is 0 Å². The second kappa shape index (κ2) is 6.03. The fourth-order valence-electron chi connectivity index (χ4n) is 1.58. The van der Waals surface area contributed by atoms with Crippen LogP contribution in [0.15, 0.2) is 23.3 Å². The molecule has 86 valence electrons. The number of aryl methyl sites for hydroxylation is 1. The molecule has 0 unspecified atom stereocenters. The highest BCUT2D eigenvalue weighted by atomic mass is 16.5. The zero-order valence-corrected chi connectivity index (χ0v) is 9.97. The number of hydrogen-bond donors (Lipinski definition) is 0. The van der Waals surface area contributed by atoms with E-state index in [9.17, 15) is 0 Å². The van der Waals surface area contributed by atoms with Gasteiger partial charge >= 0.3 is 0 Å². The highest BCUT2D eigenvalue weighted by Gasteiger charge is 2.04. The van der Waals surface area contributed by atoms with Gasteiger partial charge in [-0.15, -0.1) is 0 Å². The monoisotopic (exact) mass is 219 g/mol. The Hall–Kier alpha value is -1.67. The molecule has 0 aliphatic rings. The van der Waals surface area contributed by atoms with Gasteiger partial charge in [-0.05, 0) is 41.6 Å². The van der Waals surface area contributed by atoms with Crippen LogP contribution in [0.2, 0.25) is 0 Å². The summed E-state index contributed by atoms with van der Waals surface area (Å²) in [7, 11) is 0. The first-order valence-electron chi connectivity index (χ1n) is 5.39. The molecule has 0 aliphatic carbocycles. The lowest BCUT2D eigenvalue weighted by Gasteiger charge is -2.12. The van der Waals surface area contributed by atoms with Crippen molar-refractivity contribution in [2.75, 3.05) is 13.2 Å². The van der Waals surface area contributed by atoms with E-state index in [1.807, 2.05) is 6.07 Å². The van der Waals surface area contributed by atoms with Crippen LogP contribution in [0.25, 0.3) is 10.4 Å². The molecule has 0 N–H and O–H groups in total. The Balaban J connectivity index is 2.67. The lowest BCUT2D eigenvalue weighted by atomic mass is 9.98. The van der Waals surface area contributed by atoms with Gasteiger partial charge in [-0.1, -0.05) is 25.0 Å². The minimum absolute atomic E-state index is 0.362. The summed E-state index contributed by atoms with van der Waals surface area (Å²) in [5.74, 6) is 1.32. The molecule has 4 nitrogen and oxygen atoms in total. The molecule has 0 aromatic heterocycles. The molecule has 1 aromatic carbocycles. The first-order valence-corrected chi connectivity index (χ1v) is 5.39. The van der Waals surface area contributed by atoms with E-state index in [2.05, 4.69) is 42.9 Å². The van der Waals surface area contributed by atoms with Crippen LogP contribution in [0.5, 0.6) is 5.75 Å². The SMILES string of the molecule is Cc1ccc(OCCN=[N+]=[N-])cc1C(C)C. The standard InChI is InChI=1S/C12H17N3O/c1-9(2)12-8-11(5-4-10(12)3)16-7-6-14-15-13/h4-5,8-9H,6-7H2,1-3H3. The zero-order valence-electron chi connectivity index (χ0n) is 9.97. The Morgan fingerprint density at radius 2 is 2.19 bits per heavy atom. The molecule has 0 aliphatic heterocycles. The molecule has 0 bridgehead atoms. The van der Waals surface area contributed by atoms with Gasteiger partial charge < -0.3 is 4.74 Å². The predicted molar refractivity (Wildman–Crippen MR) is 64.8 cm³/mol. The molecule has 1 aromatic rings. The van der Waals surface area contributed by atoms with Crippen molar-refractivity contribution in [3.8, 4) is 5.75 Å². The topological polar surface area (TPSA) is 58.0 Å². The highest BCUT2D eigenvalue weighted by Crippen LogP contribution is 2.24. The Bertz CT molecular complexity index is 395. The first-order chi connectivity index (χ1) is 7.65. The second-order valence-corrected chi connectivity index (χ2v) is 3.98. The third-order valence-corrected chi connectivity index (χ3v) is 2.40. The molecular formula is C12H17N3O. The molecule has 0 saturated heterocycles. The van der Waals surface area contributed by atoms with E-state index in [0.717, 1.165) is 5.75 Å². The average Bonchev–Trinajstić information content (AvgIpc) is 2.26. The third kappa shape index (κ3) is 3.48. The number of benzene rings is 1. The Morgan fingerprint density at radius 1 is 1.44 bits per heavy atom. The maximum Gasteiger partial charge on any atom is 0.119 e. The van der Waals surface area contributed by atoms with Gasteiger partial charge in [-0.3, -0.25) is 0 Å². The van der Waals surface area contributed by atoms with Crippen LogP contribution in [0.1, 0.15) is 30.9 Å². The van der Waals surface area contributed by atoms with Gasteiger partial charge in [0.1, 0.15) is 5.75 Å². The summed E-state index contributed by atoms with van der Waals surface area (Å²) < 4.78 is 5.49. The van der Waals surface area contributed by atoms with Crippen LogP contribution in [-0.4, -0.2) is 13.2 Å². The zero-order chi connectivity index (χ0) is 12.0. The average molecular weight is 219 g/mol. The molecule has 1 rings (SSSR count). The van der Waals surface area contributed by atoms with Crippen LogP contribution < -0.4 is 4.74 Å². The smallest absolute Gasteiger partial charge is 0.119 e. The highest BCUT2D eigenvalue weighted by molar-refractivity contribution is 5.36. The summed E-state index contributed by atoms with van der Waals surface area (Å²) in [6.45, 7) is 7.20. The summed E-state index contributed by atoms with van der Waals surface area (Å²) in [5, 5.41) is 3.42. The van der Waals surface area contributed by atoms with E-state index in [4.69, 9.17) is 10.3 Å². The van der Waals surface area contributed by atoms with Crippen LogP contribution in [0.4, 0.5) is 0 Å². The summed E-state index contributed by atoms with van der Waals surface area (Å²) in [6.07, 6.45) is 0. The van der Waals surface area contributed by atoms with Crippen molar-refractivity contribution in [1.29, 1.82) is 0 Å². The van der Waals surface area contributed by atoms with Gasteiger partial charge in [0.25, 0.3) is 0 Å². The first kappa shape index (κ1) is 12.4. The van der Waals surface area contributed by atoms with Gasteiger partial charge in [0.2, 0.25) is 0 Å². The number of hydrogen-bond acceptors (Lipinski definition) is 2. The Morgan fingerprint density at radius 3 is 2.81 bits per heavy atom. The molecule has 16 heavy (non-hydrogen) atoms. The van der Waals surface area contributed by atoms with Gasteiger partial charge in [0, 0.05) is 4.91 Å². The quantitative estimate of drug-likeness (QED) is 0.321. The number of nitrogens with zero attached hydrogens (tertiary/aromatic N) is 3. The van der Waals surface area contributed by atoms with Gasteiger partial charge in [-0.2, -0.15) is 0 Å². The van der Waals surface area contributed by atoms with Crippen molar-refractivity contribution < 1.29 is 4.74 Å². The van der Waals surface area contributed by atoms with E-state index in [0.29, 0.717) is 19.1 Å². The van der Waals surface area contributed by atoms with Gasteiger partial charge in [0.15, 0.2) is 0 Å². The van der Waals surface area contributed by atoms with E-state index in [-0.39, 0.29) is 0 Å². The summed E-state index contributed by atoms with van der Waals surface area (Å²) >= 11 is 0. The lowest BCUT2D eigenvalue weighted by molar-refractivity contribution is 0.327. The van der Waals surface area contributed by atoms with Crippen molar-refractivity contribution in [1.82, 2.24) is 0 Å². The van der Waals surface area contributed by atoms with Crippen LogP contribution in [0.3, 0.4) is 0 Å². The van der Waals surface area contributed by atoms with Crippen LogP contribution in [0, 0.1) is 6.92 Å². The number of azide groups is 1. The maximum absolute atomic E-state index is 8.12. The van der Waals surface area contributed by atoms with Gasteiger partial charge in [0.05, 0.1) is 13.2 Å².